The van der Waals surface area contributed by atoms with Gasteiger partial charge in [-0.25, -0.2) is 0 Å². The summed E-state index contributed by atoms with van der Waals surface area (Å²) in [4.78, 5) is 0.0435. The molecule has 0 saturated carbocycles. The third kappa shape index (κ3) is 2.76. The topological polar surface area (TPSA) is 67.2 Å². The van der Waals surface area contributed by atoms with E-state index in [-0.39, 0.29) is 4.90 Å². The van der Waals surface area contributed by atoms with E-state index in [2.05, 4.69) is 0 Å². The van der Waals surface area contributed by atoms with Crippen LogP contribution in [0.1, 0.15) is 23.1 Å². The van der Waals surface area contributed by atoms with Crippen molar-refractivity contribution in [1.29, 1.82) is 5.26 Å². The maximum absolute atomic E-state index is 12.2. The van der Waals surface area contributed by atoms with Gasteiger partial charge in [0.2, 0.25) is 0 Å². The Labute approximate surface area is 123 Å². The van der Waals surface area contributed by atoms with Gasteiger partial charge in [-0.05, 0) is 66.8 Å². The van der Waals surface area contributed by atoms with Gasteiger partial charge < -0.3 is 4.18 Å². The van der Waals surface area contributed by atoms with Gasteiger partial charge in [0.1, 0.15) is 10.6 Å². The minimum absolute atomic E-state index is 0.0435. The van der Waals surface area contributed by atoms with Crippen LogP contribution in [-0.4, -0.2) is 8.42 Å². The van der Waals surface area contributed by atoms with Crippen molar-refractivity contribution in [3.05, 3.63) is 59.2 Å². The first-order valence-electron chi connectivity index (χ1n) is 6.65. The molecule has 2 aromatic rings. The lowest BCUT2D eigenvalue weighted by Crippen LogP contribution is -2.09. The molecule has 0 radical (unpaired) electrons. The number of nitrogens with zero attached hydrogens (tertiary/aromatic N) is 1. The van der Waals surface area contributed by atoms with Crippen LogP contribution < -0.4 is 4.18 Å². The van der Waals surface area contributed by atoms with E-state index in [9.17, 15) is 8.42 Å². The second kappa shape index (κ2) is 5.23. The van der Waals surface area contributed by atoms with E-state index in [0.29, 0.717) is 11.3 Å². The van der Waals surface area contributed by atoms with Gasteiger partial charge in [-0.3, -0.25) is 0 Å². The van der Waals surface area contributed by atoms with Crippen LogP contribution >= 0.6 is 0 Å². The van der Waals surface area contributed by atoms with Crippen LogP contribution in [-0.2, 0) is 23.0 Å². The van der Waals surface area contributed by atoms with Gasteiger partial charge in [-0.1, -0.05) is 6.07 Å². The summed E-state index contributed by atoms with van der Waals surface area (Å²) in [6.45, 7) is 0. The molecule has 5 heteroatoms. The maximum Gasteiger partial charge on any atom is 0.339 e. The standard InChI is InChI=1S/C16H13NO3S/c17-11-12-4-8-16(9-5-12)21(18,19)20-15-7-6-13-2-1-3-14(13)10-15/h4-10H,1-3H2. The predicted molar refractivity (Wildman–Crippen MR) is 77.4 cm³/mol. The molecule has 1 aliphatic rings. The summed E-state index contributed by atoms with van der Waals surface area (Å²) >= 11 is 0. The van der Waals surface area contributed by atoms with Crippen molar-refractivity contribution >= 4 is 10.1 Å². The minimum Gasteiger partial charge on any atom is -0.379 e. The normalized spacial score (nSPS) is 13.5. The molecule has 0 amide bonds. The van der Waals surface area contributed by atoms with E-state index in [1.807, 2.05) is 12.1 Å². The summed E-state index contributed by atoms with van der Waals surface area (Å²) in [5, 5.41) is 8.73. The van der Waals surface area contributed by atoms with Crippen LogP contribution in [0, 0.1) is 11.3 Å². The fraction of sp³-hybridized carbons (Fsp3) is 0.188. The second-order valence-corrected chi connectivity index (χ2v) is 6.50. The Hall–Kier alpha value is -2.32. The number of rotatable bonds is 3. The van der Waals surface area contributed by atoms with Gasteiger partial charge in [-0.2, -0.15) is 13.7 Å². The molecule has 0 saturated heterocycles. The highest BCUT2D eigenvalue weighted by molar-refractivity contribution is 7.87. The molecule has 21 heavy (non-hydrogen) atoms. The Balaban J connectivity index is 1.87. The third-order valence-corrected chi connectivity index (χ3v) is 4.81. The first-order chi connectivity index (χ1) is 10.1. The van der Waals surface area contributed by atoms with Crippen LogP contribution in [0.3, 0.4) is 0 Å². The summed E-state index contributed by atoms with van der Waals surface area (Å²) in [5.41, 5.74) is 2.83. The minimum atomic E-state index is -3.87. The highest BCUT2D eigenvalue weighted by Gasteiger charge is 2.18. The van der Waals surface area contributed by atoms with Gasteiger partial charge in [0.25, 0.3) is 0 Å². The Morgan fingerprint density at radius 3 is 2.43 bits per heavy atom. The monoisotopic (exact) mass is 299 g/mol. The number of hydrogen-bond donors (Lipinski definition) is 0. The molecular weight excluding hydrogens is 286 g/mol. The van der Waals surface area contributed by atoms with Crippen molar-refractivity contribution in [3.63, 3.8) is 0 Å². The number of fused-ring (bicyclic) bond motifs is 1. The summed E-state index contributed by atoms with van der Waals surface area (Å²) < 4.78 is 29.6. The molecule has 106 valence electrons. The maximum atomic E-state index is 12.2. The predicted octanol–water partition coefficient (Wildman–Crippen LogP) is 2.81. The summed E-state index contributed by atoms with van der Waals surface area (Å²) in [5.74, 6) is 0.333. The van der Waals surface area contributed by atoms with Crippen molar-refractivity contribution in [1.82, 2.24) is 0 Å². The van der Waals surface area contributed by atoms with Gasteiger partial charge in [0.15, 0.2) is 0 Å². The van der Waals surface area contributed by atoms with Gasteiger partial charge in [0, 0.05) is 0 Å². The molecule has 0 unspecified atom stereocenters. The zero-order valence-corrected chi connectivity index (χ0v) is 12.1. The van der Waals surface area contributed by atoms with Crippen molar-refractivity contribution in [3.8, 4) is 11.8 Å². The Bertz CT molecular complexity index is 818. The molecule has 3 rings (SSSR count). The molecule has 0 atom stereocenters. The lowest BCUT2D eigenvalue weighted by Gasteiger charge is -2.08. The SMILES string of the molecule is N#Cc1ccc(S(=O)(=O)Oc2ccc3c(c2)CCC3)cc1. The van der Waals surface area contributed by atoms with E-state index in [0.717, 1.165) is 24.8 Å². The lowest BCUT2D eigenvalue weighted by atomic mass is 10.1. The quantitative estimate of drug-likeness (QED) is 0.817. The zero-order chi connectivity index (χ0) is 14.9. The first-order valence-corrected chi connectivity index (χ1v) is 8.06. The molecule has 0 N–H and O–H groups in total. The zero-order valence-electron chi connectivity index (χ0n) is 11.2. The lowest BCUT2D eigenvalue weighted by molar-refractivity contribution is 0.486. The van der Waals surface area contributed by atoms with E-state index < -0.39 is 10.1 Å². The van der Waals surface area contributed by atoms with Crippen LogP contribution in [0.15, 0.2) is 47.4 Å². The van der Waals surface area contributed by atoms with Gasteiger partial charge >= 0.3 is 10.1 Å². The molecule has 4 nitrogen and oxygen atoms in total. The third-order valence-electron chi connectivity index (χ3n) is 3.55. The van der Waals surface area contributed by atoms with Crippen LogP contribution in [0.4, 0.5) is 0 Å². The van der Waals surface area contributed by atoms with Crippen LogP contribution in [0.25, 0.3) is 0 Å². The largest absolute Gasteiger partial charge is 0.379 e. The molecular formula is C16H13NO3S. The molecule has 0 heterocycles. The molecule has 0 bridgehead atoms. The Kier molecular flexibility index (Phi) is 3.40. The van der Waals surface area contributed by atoms with E-state index >= 15 is 0 Å². The van der Waals surface area contributed by atoms with E-state index in [1.165, 1.54) is 29.8 Å². The smallest absolute Gasteiger partial charge is 0.339 e. The average molecular weight is 299 g/mol. The Morgan fingerprint density at radius 2 is 1.71 bits per heavy atom. The molecule has 0 aliphatic heterocycles. The number of hydrogen-bond acceptors (Lipinski definition) is 4. The second-order valence-electron chi connectivity index (χ2n) is 4.96. The summed E-state index contributed by atoms with van der Waals surface area (Å²) in [6.07, 6.45) is 3.10. The summed E-state index contributed by atoms with van der Waals surface area (Å²) in [6, 6.07) is 13.0. The highest BCUT2D eigenvalue weighted by atomic mass is 32.2. The number of benzene rings is 2. The van der Waals surface area contributed by atoms with Crippen molar-refractivity contribution in [2.75, 3.05) is 0 Å². The fourth-order valence-corrected chi connectivity index (χ4v) is 3.39. The number of nitriles is 1. The average Bonchev–Trinajstić information content (AvgIpc) is 2.94. The van der Waals surface area contributed by atoms with Crippen LogP contribution in [0.2, 0.25) is 0 Å². The van der Waals surface area contributed by atoms with Gasteiger partial charge in [-0.15, -0.1) is 0 Å². The molecule has 1 aliphatic carbocycles. The van der Waals surface area contributed by atoms with Crippen molar-refractivity contribution < 1.29 is 12.6 Å². The van der Waals surface area contributed by atoms with E-state index in [1.54, 1.807) is 12.1 Å². The van der Waals surface area contributed by atoms with E-state index in [4.69, 9.17) is 9.44 Å². The first kappa shape index (κ1) is 13.7. The molecule has 0 aromatic heterocycles. The fourth-order valence-electron chi connectivity index (χ4n) is 2.47. The van der Waals surface area contributed by atoms with Crippen molar-refractivity contribution in [2.45, 2.75) is 24.2 Å². The van der Waals surface area contributed by atoms with Crippen molar-refractivity contribution in [2.24, 2.45) is 0 Å². The Morgan fingerprint density at radius 1 is 1.00 bits per heavy atom. The molecule has 2 aromatic carbocycles. The summed E-state index contributed by atoms with van der Waals surface area (Å²) in [7, 11) is -3.87. The molecule has 0 spiro atoms. The van der Waals surface area contributed by atoms with Gasteiger partial charge in [0.05, 0.1) is 11.6 Å². The number of aryl methyl sites for hydroxylation is 2. The molecule has 0 fully saturated rings. The van der Waals surface area contributed by atoms with Crippen LogP contribution in [0.5, 0.6) is 5.75 Å². The highest BCUT2D eigenvalue weighted by Crippen LogP contribution is 2.27.